The van der Waals surface area contributed by atoms with Crippen molar-refractivity contribution >= 4 is 5.91 Å². The van der Waals surface area contributed by atoms with E-state index in [1.54, 1.807) is 11.0 Å². The van der Waals surface area contributed by atoms with Gasteiger partial charge in [-0.1, -0.05) is 0 Å². The highest BCUT2D eigenvalue weighted by Crippen LogP contribution is 2.29. The van der Waals surface area contributed by atoms with Crippen molar-refractivity contribution in [2.45, 2.75) is 45.1 Å². The van der Waals surface area contributed by atoms with Crippen LogP contribution in [0.5, 0.6) is 0 Å². The van der Waals surface area contributed by atoms with Crippen LogP contribution in [0.2, 0.25) is 0 Å². The van der Waals surface area contributed by atoms with Crippen molar-refractivity contribution in [3.05, 3.63) is 30.1 Å². The number of aromatic amines is 1. The first kappa shape index (κ1) is 14.7. The van der Waals surface area contributed by atoms with E-state index < -0.39 is 5.54 Å². The maximum Gasteiger partial charge on any atom is 0.250 e. The fourth-order valence-corrected chi connectivity index (χ4v) is 3.15. The van der Waals surface area contributed by atoms with Crippen LogP contribution in [0.15, 0.2) is 18.9 Å². The molecular weight excluding hydrogens is 280 g/mol. The van der Waals surface area contributed by atoms with Gasteiger partial charge in [-0.15, -0.1) is 0 Å². The van der Waals surface area contributed by atoms with Crippen LogP contribution < -0.4 is 0 Å². The number of aromatic nitrogens is 5. The summed E-state index contributed by atoms with van der Waals surface area (Å²) in [6, 6.07) is 0. The lowest BCUT2D eigenvalue weighted by atomic mass is 9.91. The molecule has 1 saturated heterocycles. The van der Waals surface area contributed by atoms with Crippen molar-refractivity contribution in [2.75, 3.05) is 13.1 Å². The Balaban J connectivity index is 1.77. The molecule has 0 unspecified atom stereocenters. The zero-order valence-electron chi connectivity index (χ0n) is 13.3. The molecule has 22 heavy (non-hydrogen) atoms. The summed E-state index contributed by atoms with van der Waals surface area (Å²) in [5, 5.41) is 11.3. The number of carbonyl (C=O) groups is 1. The molecule has 2 aromatic rings. The second-order valence-electron chi connectivity index (χ2n) is 6.46. The van der Waals surface area contributed by atoms with E-state index in [0.29, 0.717) is 5.92 Å². The normalized spacial score (nSPS) is 19.4. The van der Waals surface area contributed by atoms with Gasteiger partial charge in [0.1, 0.15) is 18.2 Å². The molecule has 3 rings (SSSR count). The summed E-state index contributed by atoms with van der Waals surface area (Å²) in [6.45, 7) is 7.34. The summed E-state index contributed by atoms with van der Waals surface area (Å²) >= 11 is 0. The van der Waals surface area contributed by atoms with Crippen molar-refractivity contribution in [1.29, 1.82) is 0 Å². The van der Waals surface area contributed by atoms with Gasteiger partial charge in [-0.2, -0.15) is 10.2 Å². The summed E-state index contributed by atoms with van der Waals surface area (Å²) in [5.74, 6) is 0.409. The number of piperidine rings is 1. The Bertz CT molecular complexity index is 645. The Hall–Kier alpha value is -2.18. The largest absolute Gasteiger partial charge is 0.340 e. The van der Waals surface area contributed by atoms with Crippen LogP contribution in [-0.4, -0.2) is 48.9 Å². The molecule has 1 aliphatic rings. The SMILES string of the molecule is Cc1cn[nH]c1[C@@H]1CCCN(C(=O)C(C)(C)n2cncn2)C1. The number of amides is 1. The Labute approximate surface area is 129 Å². The monoisotopic (exact) mass is 302 g/mol. The first-order valence-electron chi connectivity index (χ1n) is 7.64. The zero-order chi connectivity index (χ0) is 15.7. The Morgan fingerprint density at radius 1 is 1.45 bits per heavy atom. The molecule has 7 heteroatoms. The predicted molar refractivity (Wildman–Crippen MR) is 81.2 cm³/mol. The summed E-state index contributed by atoms with van der Waals surface area (Å²) in [5.41, 5.74) is 1.59. The maximum atomic E-state index is 12.9. The van der Waals surface area contributed by atoms with Crippen LogP contribution in [0.25, 0.3) is 0 Å². The Morgan fingerprint density at radius 3 is 2.91 bits per heavy atom. The molecule has 0 aliphatic carbocycles. The molecule has 3 heterocycles. The molecule has 7 nitrogen and oxygen atoms in total. The highest BCUT2D eigenvalue weighted by atomic mass is 16.2. The third-order valence-electron chi connectivity index (χ3n) is 4.50. The van der Waals surface area contributed by atoms with Gasteiger partial charge < -0.3 is 4.90 Å². The molecule has 0 aromatic carbocycles. The molecule has 2 aromatic heterocycles. The lowest BCUT2D eigenvalue weighted by Gasteiger charge is -2.37. The number of hydrogen-bond acceptors (Lipinski definition) is 4. The van der Waals surface area contributed by atoms with E-state index >= 15 is 0 Å². The minimum absolute atomic E-state index is 0.0832. The lowest BCUT2D eigenvalue weighted by Crippen LogP contribution is -2.50. The Kier molecular flexibility index (Phi) is 3.72. The van der Waals surface area contributed by atoms with Crippen molar-refractivity contribution in [3.8, 4) is 0 Å². The number of H-pyrrole nitrogens is 1. The average molecular weight is 302 g/mol. The van der Waals surface area contributed by atoms with E-state index in [0.717, 1.165) is 37.2 Å². The number of rotatable bonds is 3. The minimum Gasteiger partial charge on any atom is -0.340 e. The van der Waals surface area contributed by atoms with E-state index in [2.05, 4.69) is 27.2 Å². The first-order valence-corrected chi connectivity index (χ1v) is 7.64. The Morgan fingerprint density at radius 2 is 2.27 bits per heavy atom. The standard InChI is InChI=1S/C15H22N6O/c1-11-7-17-19-13(11)12-5-4-6-20(8-12)14(22)15(2,3)21-10-16-9-18-21/h7,9-10,12H,4-6,8H2,1-3H3,(H,17,19)/t12-/m1/s1. The van der Waals surface area contributed by atoms with Crippen molar-refractivity contribution in [3.63, 3.8) is 0 Å². The summed E-state index contributed by atoms with van der Waals surface area (Å²) in [4.78, 5) is 18.8. The number of hydrogen-bond donors (Lipinski definition) is 1. The molecule has 1 N–H and O–H groups in total. The van der Waals surface area contributed by atoms with E-state index in [1.165, 1.54) is 6.33 Å². The molecule has 1 aliphatic heterocycles. The number of nitrogens with zero attached hydrogens (tertiary/aromatic N) is 5. The molecule has 0 bridgehead atoms. The van der Waals surface area contributed by atoms with E-state index in [9.17, 15) is 4.79 Å². The second kappa shape index (κ2) is 5.55. The second-order valence-corrected chi connectivity index (χ2v) is 6.46. The molecular formula is C15H22N6O. The van der Waals surface area contributed by atoms with Crippen LogP contribution in [-0.2, 0) is 10.3 Å². The molecule has 1 atom stereocenters. The summed E-state index contributed by atoms with van der Waals surface area (Å²) in [6.07, 6.45) is 6.98. The fourth-order valence-electron chi connectivity index (χ4n) is 3.15. The van der Waals surface area contributed by atoms with Gasteiger partial charge >= 0.3 is 0 Å². The van der Waals surface area contributed by atoms with Gasteiger partial charge in [0.05, 0.1) is 6.20 Å². The van der Waals surface area contributed by atoms with Gasteiger partial charge in [0, 0.05) is 24.7 Å². The van der Waals surface area contributed by atoms with Gasteiger partial charge in [-0.3, -0.25) is 9.89 Å². The highest BCUT2D eigenvalue weighted by molar-refractivity contribution is 5.83. The van der Waals surface area contributed by atoms with Crippen LogP contribution >= 0.6 is 0 Å². The third kappa shape index (κ3) is 2.51. The van der Waals surface area contributed by atoms with Crippen molar-refractivity contribution in [2.24, 2.45) is 0 Å². The molecule has 1 fully saturated rings. The third-order valence-corrected chi connectivity index (χ3v) is 4.50. The van der Waals surface area contributed by atoms with Crippen LogP contribution in [0, 0.1) is 6.92 Å². The smallest absolute Gasteiger partial charge is 0.250 e. The van der Waals surface area contributed by atoms with Crippen LogP contribution in [0.1, 0.15) is 43.9 Å². The maximum absolute atomic E-state index is 12.9. The lowest BCUT2D eigenvalue weighted by molar-refractivity contribution is -0.141. The molecule has 0 spiro atoms. The van der Waals surface area contributed by atoms with Crippen LogP contribution in [0.4, 0.5) is 0 Å². The van der Waals surface area contributed by atoms with Crippen LogP contribution in [0.3, 0.4) is 0 Å². The number of likely N-dealkylation sites (tertiary alicyclic amines) is 1. The predicted octanol–water partition coefficient (Wildman–Crippen LogP) is 1.45. The molecule has 118 valence electrons. The summed E-state index contributed by atoms with van der Waals surface area (Å²) in [7, 11) is 0. The number of carbonyl (C=O) groups excluding carboxylic acids is 1. The molecule has 1 amide bonds. The topological polar surface area (TPSA) is 79.7 Å². The molecule has 0 radical (unpaired) electrons. The van der Waals surface area contributed by atoms with E-state index in [4.69, 9.17) is 0 Å². The fraction of sp³-hybridized carbons (Fsp3) is 0.600. The van der Waals surface area contributed by atoms with E-state index in [1.807, 2.05) is 24.9 Å². The van der Waals surface area contributed by atoms with Crippen molar-refractivity contribution in [1.82, 2.24) is 29.9 Å². The molecule has 0 saturated carbocycles. The van der Waals surface area contributed by atoms with Gasteiger partial charge in [-0.05, 0) is 39.2 Å². The van der Waals surface area contributed by atoms with E-state index in [-0.39, 0.29) is 5.91 Å². The minimum atomic E-state index is -0.721. The zero-order valence-corrected chi connectivity index (χ0v) is 13.3. The first-order chi connectivity index (χ1) is 10.5. The summed E-state index contributed by atoms with van der Waals surface area (Å²) < 4.78 is 1.63. The number of aryl methyl sites for hydroxylation is 1. The highest BCUT2D eigenvalue weighted by Gasteiger charge is 2.37. The number of nitrogens with one attached hydrogen (secondary N) is 1. The van der Waals surface area contributed by atoms with Gasteiger partial charge in [0.15, 0.2) is 0 Å². The van der Waals surface area contributed by atoms with Gasteiger partial charge in [0.2, 0.25) is 5.91 Å². The average Bonchev–Trinajstić information content (AvgIpc) is 3.18. The van der Waals surface area contributed by atoms with Gasteiger partial charge in [0.25, 0.3) is 0 Å². The van der Waals surface area contributed by atoms with Crippen molar-refractivity contribution < 1.29 is 4.79 Å². The van der Waals surface area contributed by atoms with Gasteiger partial charge in [-0.25, -0.2) is 9.67 Å². The quantitative estimate of drug-likeness (QED) is 0.930.